The maximum Gasteiger partial charge on any atom is 0.124 e. The fraction of sp³-hybridized carbons (Fsp3) is 0.625. The maximum absolute atomic E-state index is 9.86. The van der Waals surface area contributed by atoms with Crippen molar-refractivity contribution in [1.29, 1.82) is 0 Å². The van der Waals surface area contributed by atoms with Crippen LogP contribution >= 0.6 is 22.9 Å². The number of hydrogen-bond donors (Lipinski definition) is 2. The van der Waals surface area contributed by atoms with Crippen LogP contribution in [0.4, 0.5) is 0 Å². The normalized spacial score (nSPS) is 24.9. The van der Waals surface area contributed by atoms with E-state index in [1.807, 2.05) is 0 Å². The number of nitrogens with one attached hydrogen (secondary N) is 1. The number of rotatable bonds is 2. The minimum absolute atomic E-state index is 0.155. The van der Waals surface area contributed by atoms with Crippen LogP contribution in [0.2, 0.25) is 4.34 Å². The van der Waals surface area contributed by atoms with Gasteiger partial charge < -0.3 is 10.4 Å². The molecular weight excluding hydrogens is 208 g/mol. The van der Waals surface area contributed by atoms with Gasteiger partial charge in [0.2, 0.25) is 0 Å². The van der Waals surface area contributed by atoms with Crippen molar-refractivity contribution in [3.8, 4) is 0 Å². The summed E-state index contributed by atoms with van der Waals surface area (Å²) in [7, 11) is 0. The predicted molar refractivity (Wildman–Crippen MR) is 53.1 cm³/mol. The largest absolute Gasteiger partial charge is 0.384 e. The van der Waals surface area contributed by atoms with Gasteiger partial charge in [-0.15, -0.1) is 11.3 Å². The zero-order chi connectivity index (χ0) is 9.26. The summed E-state index contributed by atoms with van der Waals surface area (Å²) in [6.45, 7) is 0.987. The third kappa shape index (κ3) is 2.02. The monoisotopic (exact) mass is 218 g/mol. The SMILES string of the molecule is OC(c1ncc(Cl)s1)C1CCCN1. The third-order valence-corrected chi connectivity index (χ3v) is 3.41. The second-order valence-corrected chi connectivity index (χ2v) is 4.84. The average molecular weight is 219 g/mol. The Bertz CT molecular complexity index is 285. The summed E-state index contributed by atoms with van der Waals surface area (Å²) in [6.07, 6.45) is 3.22. The molecule has 1 aliphatic heterocycles. The molecule has 0 aliphatic carbocycles. The summed E-state index contributed by atoms with van der Waals surface area (Å²) < 4.78 is 0.632. The standard InChI is InChI=1S/C8H11ClN2OS/c9-6-4-11-8(13-6)7(12)5-2-1-3-10-5/h4-5,7,10,12H,1-3H2. The summed E-state index contributed by atoms with van der Waals surface area (Å²) >= 11 is 7.08. The van der Waals surface area contributed by atoms with Crippen molar-refractivity contribution in [1.82, 2.24) is 10.3 Å². The summed E-state index contributed by atoms with van der Waals surface area (Å²) in [5.41, 5.74) is 0. The lowest BCUT2D eigenvalue weighted by Gasteiger charge is -2.15. The lowest BCUT2D eigenvalue weighted by atomic mass is 10.1. The van der Waals surface area contributed by atoms with Crippen molar-refractivity contribution < 1.29 is 5.11 Å². The topological polar surface area (TPSA) is 45.2 Å². The van der Waals surface area contributed by atoms with E-state index in [4.69, 9.17) is 11.6 Å². The fourth-order valence-electron chi connectivity index (χ4n) is 1.56. The van der Waals surface area contributed by atoms with Gasteiger partial charge in [-0.05, 0) is 19.4 Å². The highest BCUT2D eigenvalue weighted by molar-refractivity contribution is 7.15. The Morgan fingerprint density at radius 2 is 2.62 bits per heavy atom. The van der Waals surface area contributed by atoms with E-state index < -0.39 is 6.10 Å². The number of hydrogen-bond acceptors (Lipinski definition) is 4. The van der Waals surface area contributed by atoms with Crippen LogP contribution in [-0.4, -0.2) is 22.7 Å². The quantitative estimate of drug-likeness (QED) is 0.793. The first-order valence-corrected chi connectivity index (χ1v) is 5.49. The van der Waals surface area contributed by atoms with Crippen LogP contribution in [0.1, 0.15) is 24.0 Å². The molecule has 2 unspecified atom stereocenters. The number of halogens is 1. The molecule has 1 fully saturated rings. The van der Waals surface area contributed by atoms with Crippen molar-refractivity contribution in [3.05, 3.63) is 15.5 Å². The van der Waals surface area contributed by atoms with Crippen LogP contribution in [0, 0.1) is 0 Å². The molecule has 1 aromatic heterocycles. The van der Waals surface area contributed by atoms with Crippen molar-refractivity contribution in [2.45, 2.75) is 25.0 Å². The summed E-state index contributed by atoms with van der Waals surface area (Å²) in [5, 5.41) is 13.8. The van der Waals surface area contributed by atoms with Crippen molar-refractivity contribution in [2.24, 2.45) is 0 Å². The van der Waals surface area contributed by atoms with Gasteiger partial charge in [0.05, 0.1) is 6.20 Å². The molecule has 1 aromatic rings. The van der Waals surface area contributed by atoms with Crippen molar-refractivity contribution in [3.63, 3.8) is 0 Å². The van der Waals surface area contributed by atoms with Gasteiger partial charge in [-0.25, -0.2) is 4.98 Å². The van der Waals surface area contributed by atoms with Crippen molar-refractivity contribution >= 4 is 22.9 Å². The number of aliphatic hydroxyl groups is 1. The molecule has 0 spiro atoms. The van der Waals surface area contributed by atoms with E-state index in [-0.39, 0.29) is 6.04 Å². The molecule has 2 rings (SSSR count). The smallest absolute Gasteiger partial charge is 0.124 e. The van der Waals surface area contributed by atoms with Gasteiger partial charge in [0.1, 0.15) is 15.4 Å². The summed E-state index contributed by atoms with van der Waals surface area (Å²) in [5.74, 6) is 0. The molecule has 0 saturated carbocycles. The van der Waals surface area contributed by atoms with E-state index in [0.29, 0.717) is 9.34 Å². The average Bonchev–Trinajstić information content (AvgIpc) is 2.72. The molecule has 3 nitrogen and oxygen atoms in total. The van der Waals surface area contributed by atoms with Crippen molar-refractivity contribution in [2.75, 3.05) is 6.54 Å². The van der Waals surface area contributed by atoms with E-state index in [0.717, 1.165) is 19.4 Å². The van der Waals surface area contributed by atoms with E-state index in [1.54, 1.807) is 6.20 Å². The Kier molecular flexibility index (Phi) is 2.83. The van der Waals surface area contributed by atoms with E-state index in [2.05, 4.69) is 10.3 Å². The lowest BCUT2D eigenvalue weighted by Crippen LogP contribution is -2.28. The van der Waals surface area contributed by atoms with Gasteiger partial charge in [0.25, 0.3) is 0 Å². The molecule has 0 amide bonds. The molecule has 5 heteroatoms. The molecular formula is C8H11ClN2OS. The molecule has 0 bridgehead atoms. The van der Waals surface area contributed by atoms with Gasteiger partial charge in [0, 0.05) is 6.04 Å². The number of aliphatic hydroxyl groups excluding tert-OH is 1. The maximum atomic E-state index is 9.86. The van der Waals surface area contributed by atoms with E-state index >= 15 is 0 Å². The van der Waals surface area contributed by atoms with Gasteiger partial charge in [-0.3, -0.25) is 0 Å². The van der Waals surface area contributed by atoms with E-state index in [9.17, 15) is 5.11 Å². The third-order valence-electron chi connectivity index (χ3n) is 2.23. The minimum atomic E-state index is -0.500. The number of aromatic nitrogens is 1. The van der Waals surface area contributed by atoms with E-state index in [1.165, 1.54) is 11.3 Å². The minimum Gasteiger partial charge on any atom is -0.384 e. The van der Waals surface area contributed by atoms with Crippen LogP contribution in [0.5, 0.6) is 0 Å². The molecule has 13 heavy (non-hydrogen) atoms. The Labute approximate surface area is 85.8 Å². The molecule has 1 saturated heterocycles. The Balaban J connectivity index is 2.07. The molecule has 1 aliphatic rings. The predicted octanol–water partition coefficient (Wildman–Crippen LogP) is 1.58. The first-order chi connectivity index (χ1) is 6.27. The zero-order valence-electron chi connectivity index (χ0n) is 7.03. The summed E-state index contributed by atoms with van der Waals surface area (Å²) in [6, 6.07) is 0.155. The Morgan fingerprint density at radius 1 is 1.77 bits per heavy atom. The Morgan fingerprint density at radius 3 is 3.15 bits per heavy atom. The van der Waals surface area contributed by atoms with Gasteiger partial charge in [-0.1, -0.05) is 11.6 Å². The summed E-state index contributed by atoms with van der Waals surface area (Å²) in [4.78, 5) is 4.06. The molecule has 0 radical (unpaired) electrons. The molecule has 2 heterocycles. The number of thiazole rings is 1. The van der Waals surface area contributed by atoms with Crippen LogP contribution in [-0.2, 0) is 0 Å². The van der Waals surface area contributed by atoms with Crippen LogP contribution < -0.4 is 5.32 Å². The van der Waals surface area contributed by atoms with Crippen LogP contribution in [0.25, 0.3) is 0 Å². The van der Waals surface area contributed by atoms with Gasteiger partial charge >= 0.3 is 0 Å². The second kappa shape index (κ2) is 3.92. The first kappa shape index (κ1) is 9.40. The Hall–Kier alpha value is -0.160. The van der Waals surface area contributed by atoms with Crippen LogP contribution in [0.15, 0.2) is 6.20 Å². The highest BCUT2D eigenvalue weighted by Gasteiger charge is 2.25. The molecule has 72 valence electrons. The highest BCUT2D eigenvalue weighted by Crippen LogP contribution is 2.28. The van der Waals surface area contributed by atoms with Gasteiger partial charge in [0.15, 0.2) is 0 Å². The second-order valence-electron chi connectivity index (χ2n) is 3.15. The molecule has 0 aromatic carbocycles. The molecule has 2 atom stereocenters. The zero-order valence-corrected chi connectivity index (χ0v) is 8.61. The first-order valence-electron chi connectivity index (χ1n) is 4.30. The fourth-order valence-corrected chi connectivity index (χ4v) is 2.54. The molecule has 2 N–H and O–H groups in total. The van der Waals surface area contributed by atoms with Gasteiger partial charge in [-0.2, -0.15) is 0 Å². The van der Waals surface area contributed by atoms with Crippen LogP contribution in [0.3, 0.4) is 0 Å². The number of nitrogens with zero attached hydrogens (tertiary/aromatic N) is 1. The lowest BCUT2D eigenvalue weighted by molar-refractivity contribution is 0.137. The highest BCUT2D eigenvalue weighted by atomic mass is 35.5.